The van der Waals surface area contributed by atoms with Gasteiger partial charge in [0.1, 0.15) is 0 Å². The van der Waals surface area contributed by atoms with Gasteiger partial charge in [0.05, 0.1) is 5.75 Å². The lowest BCUT2D eigenvalue weighted by Crippen LogP contribution is -2.35. The van der Waals surface area contributed by atoms with Gasteiger partial charge in [-0.15, -0.1) is 0 Å². The number of nitrogens with one attached hydrogen (secondary N) is 2. The van der Waals surface area contributed by atoms with Crippen molar-refractivity contribution in [3.8, 4) is 0 Å². The van der Waals surface area contributed by atoms with E-state index in [-0.39, 0.29) is 5.75 Å². The Morgan fingerprint density at radius 1 is 1.28 bits per heavy atom. The summed E-state index contributed by atoms with van der Waals surface area (Å²) < 4.78 is 25.8. The first-order valence-electron chi connectivity index (χ1n) is 5.50. The molecule has 0 radical (unpaired) electrons. The van der Waals surface area contributed by atoms with Crippen molar-refractivity contribution in [2.75, 3.05) is 11.1 Å². The average Bonchev–Trinajstić information content (AvgIpc) is 2.29. The maximum Gasteiger partial charge on any atom is 0.332 e. The summed E-state index contributed by atoms with van der Waals surface area (Å²) in [6.07, 6.45) is 1.29. The van der Waals surface area contributed by atoms with E-state index in [0.717, 1.165) is 10.9 Å². The second-order valence-corrected chi connectivity index (χ2v) is 6.49. The van der Waals surface area contributed by atoms with Crippen molar-refractivity contribution in [3.63, 3.8) is 0 Å². The Labute approximate surface area is 115 Å². The van der Waals surface area contributed by atoms with E-state index in [1.54, 1.807) is 24.3 Å². The summed E-state index contributed by atoms with van der Waals surface area (Å²) in [6, 6.07) is 6.10. The van der Waals surface area contributed by atoms with Gasteiger partial charge in [0.2, 0.25) is 10.0 Å². The molecule has 0 unspecified atom stereocenters. The number of unbranched alkanes of at least 4 members (excludes halogenated alkanes) is 1. The van der Waals surface area contributed by atoms with Gasteiger partial charge in [-0.3, -0.25) is 0 Å². The molecular formula is C11H15BrN2O3S. The molecule has 2 amide bonds. The number of carbonyl (C=O) groups excluding carboxylic acids is 1. The minimum atomic E-state index is -3.54. The van der Waals surface area contributed by atoms with Crippen molar-refractivity contribution in [1.29, 1.82) is 0 Å². The van der Waals surface area contributed by atoms with E-state index in [4.69, 9.17) is 0 Å². The van der Waals surface area contributed by atoms with Crippen LogP contribution in [-0.4, -0.2) is 20.2 Å². The third-order valence-corrected chi connectivity index (χ3v) is 3.97. The Morgan fingerprint density at radius 3 is 2.44 bits per heavy atom. The SMILES string of the molecule is CCCCS(=O)(=O)NC(=O)Nc1ccc(Br)cc1. The highest BCUT2D eigenvalue weighted by molar-refractivity contribution is 9.10. The van der Waals surface area contributed by atoms with E-state index in [1.165, 1.54) is 0 Å². The highest BCUT2D eigenvalue weighted by Gasteiger charge is 2.13. The van der Waals surface area contributed by atoms with Gasteiger partial charge in [0.25, 0.3) is 0 Å². The van der Waals surface area contributed by atoms with Crippen LogP contribution in [0.15, 0.2) is 28.7 Å². The predicted molar refractivity (Wildman–Crippen MR) is 75.0 cm³/mol. The first-order valence-corrected chi connectivity index (χ1v) is 7.94. The molecule has 0 saturated carbocycles. The van der Waals surface area contributed by atoms with E-state index in [0.29, 0.717) is 12.1 Å². The van der Waals surface area contributed by atoms with Crippen LogP contribution in [-0.2, 0) is 10.0 Å². The quantitative estimate of drug-likeness (QED) is 0.869. The number of carbonyl (C=O) groups is 1. The molecule has 0 aliphatic rings. The van der Waals surface area contributed by atoms with Crippen LogP contribution in [0.5, 0.6) is 0 Å². The number of rotatable bonds is 5. The zero-order valence-corrected chi connectivity index (χ0v) is 12.3. The predicted octanol–water partition coefficient (Wildman–Crippen LogP) is 2.70. The number of hydrogen-bond acceptors (Lipinski definition) is 3. The van der Waals surface area contributed by atoms with Gasteiger partial charge in [-0.25, -0.2) is 17.9 Å². The van der Waals surface area contributed by atoms with Gasteiger partial charge < -0.3 is 5.32 Å². The average molecular weight is 335 g/mol. The van der Waals surface area contributed by atoms with E-state index < -0.39 is 16.1 Å². The standard InChI is InChI=1S/C11H15BrN2O3S/c1-2-3-8-18(16,17)14-11(15)13-10-6-4-9(12)5-7-10/h4-7H,2-3,8H2,1H3,(H2,13,14,15). The Morgan fingerprint density at radius 2 is 1.89 bits per heavy atom. The number of halogens is 1. The van der Waals surface area contributed by atoms with Crippen LogP contribution < -0.4 is 10.0 Å². The molecule has 0 aliphatic heterocycles. The summed E-state index contributed by atoms with van der Waals surface area (Å²) in [4.78, 5) is 11.5. The molecule has 0 atom stereocenters. The Bertz CT molecular complexity index is 500. The van der Waals surface area contributed by atoms with Gasteiger partial charge >= 0.3 is 6.03 Å². The molecule has 0 fully saturated rings. The third-order valence-electron chi connectivity index (χ3n) is 2.12. The summed E-state index contributed by atoms with van der Waals surface area (Å²) in [5, 5.41) is 2.45. The summed E-state index contributed by atoms with van der Waals surface area (Å²) in [7, 11) is -3.54. The van der Waals surface area contributed by atoms with Gasteiger partial charge in [-0.2, -0.15) is 0 Å². The number of sulfonamides is 1. The highest BCUT2D eigenvalue weighted by Crippen LogP contribution is 2.13. The number of urea groups is 1. The molecule has 1 aromatic carbocycles. The Kier molecular flexibility index (Phi) is 5.61. The number of benzene rings is 1. The fraction of sp³-hybridized carbons (Fsp3) is 0.364. The molecule has 0 heterocycles. The van der Waals surface area contributed by atoms with Crippen molar-refractivity contribution in [2.24, 2.45) is 0 Å². The number of anilines is 1. The van der Waals surface area contributed by atoms with Gasteiger partial charge in [0, 0.05) is 10.2 Å². The molecule has 0 aliphatic carbocycles. The second kappa shape index (κ2) is 6.75. The van der Waals surface area contributed by atoms with E-state index in [9.17, 15) is 13.2 Å². The molecule has 1 aromatic rings. The fourth-order valence-corrected chi connectivity index (χ4v) is 2.59. The smallest absolute Gasteiger partial charge is 0.307 e. The first kappa shape index (κ1) is 15.0. The Hall–Kier alpha value is -1.08. The minimum Gasteiger partial charge on any atom is -0.307 e. The van der Waals surface area contributed by atoms with Crippen LogP contribution >= 0.6 is 15.9 Å². The molecule has 5 nitrogen and oxygen atoms in total. The van der Waals surface area contributed by atoms with Crippen LogP contribution in [0.25, 0.3) is 0 Å². The summed E-state index contributed by atoms with van der Waals surface area (Å²) >= 11 is 3.26. The normalized spacial score (nSPS) is 11.0. The van der Waals surface area contributed by atoms with E-state index >= 15 is 0 Å². The lowest BCUT2D eigenvalue weighted by molar-refractivity contribution is 0.256. The number of hydrogen-bond donors (Lipinski definition) is 2. The second-order valence-electron chi connectivity index (χ2n) is 3.74. The third kappa shape index (κ3) is 5.50. The van der Waals surface area contributed by atoms with Crippen LogP contribution in [0, 0.1) is 0 Å². The van der Waals surface area contributed by atoms with Crippen LogP contribution in [0.4, 0.5) is 10.5 Å². The van der Waals surface area contributed by atoms with Crippen molar-refractivity contribution in [3.05, 3.63) is 28.7 Å². The molecule has 18 heavy (non-hydrogen) atoms. The highest BCUT2D eigenvalue weighted by atomic mass is 79.9. The molecular weight excluding hydrogens is 320 g/mol. The summed E-state index contributed by atoms with van der Waals surface area (Å²) in [6.45, 7) is 1.89. The zero-order valence-electron chi connectivity index (χ0n) is 9.94. The summed E-state index contributed by atoms with van der Waals surface area (Å²) in [5.74, 6) is -0.0444. The van der Waals surface area contributed by atoms with Gasteiger partial charge in [0.15, 0.2) is 0 Å². The van der Waals surface area contributed by atoms with E-state index in [1.807, 2.05) is 11.6 Å². The maximum atomic E-state index is 11.5. The first-order chi connectivity index (χ1) is 8.43. The lowest BCUT2D eigenvalue weighted by atomic mass is 10.3. The molecule has 0 spiro atoms. The van der Waals surface area contributed by atoms with Crippen LogP contribution in [0.3, 0.4) is 0 Å². The van der Waals surface area contributed by atoms with E-state index in [2.05, 4.69) is 21.2 Å². The molecule has 100 valence electrons. The van der Waals surface area contributed by atoms with Crippen LogP contribution in [0.2, 0.25) is 0 Å². The van der Waals surface area contributed by atoms with Crippen molar-refractivity contribution in [1.82, 2.24) is 4.72 Å². The monoisotopic (exact) mass is 334 g/mol. The molecule has 7 heteroatoms. The fourth-order valence-electron chi connectivity index (χ4n) is 1.22. The Balaban J connectivity index is 2.54. The molecule has 2 N–H and O–H groups in total. The van der Waals surface area contributed by atoms with Crippen LogP contribution in [0.1, 0.15) is 19.8 Å². The largest absolute Gasteiger partial charge is 0.332 e. The molecule has 0 bridgehead atoms. The van der Waals surface area contributed by atoms with Crippen molar-refractivity contribution in [2.45, 2.75) is 19.8 Å². The van der Waals surface area contributed by atoms with Gasteiger partial charge in [-0.05, 0) is 30.7 Å². The maximum absolute atomic E-state index is 11.5. The molecule has 0 aromatic heterocycles. The van der Waals surface area contributed by atoms with Crippen molar-refractivity contribution < 1.29 is 13.2 Å². The van der Waals surface area contributed by atoms with Gasteiger partial charge in [-0.1, -0.05) is 29.3 Å². The lowest BCUT2D eigenvalue weighted by Gasteiger charge is -2.08. The summed E-state index contributed by atoms with van der Waals surface area (Å²) in [5.41, 5.74) is 0.529. The number of amides is 2. The van der Waals surface area contributed by atoms with Crippen molar-refractivity contribution >= 4 is 37.7 Å². The molecule has 0 saturated heterocycles. The topological polar surface area (TPSA) is 75.3 Å². The zero-order chi connectivity index (χ0) is 13.6. The minimum absolute atomic E-state index is 0.0444. The molecule has 1 rings (SSSR count).